The monoisotopic (exact) mass is 256 g/mol. The van der Waals surface area contributed by atoms with Crippen LogP contribution < -0.4 is 10.6 Å². The van der Waals surface area contributed by atoms with Crippen molar-refractivity contribution >= 4 is 5.91 Å². The van der Waals surface area contributed by atoms with Crippen molar-refractivity contribution in [3.05, 3.63) is 0 Å². The van der Waals surface area contributed by atoms with Gasteiger partial charge < -0.3 is 15.4 Å². The lowest BCUT2D eigenvalue weighted by Crippen LogP contribution is -2.48. The molecular formula is C10H19F3N2O2. The maximum absolute atomic E-state index is 11.9. The molecule has 102 valence electrons. The number of rotatable bonds is 7. The molecule has 0 aromatic carbocycles. The van der Waals surface area contributed by atoms with Crippen molar-refractivity contribution in [2.45, 2.75) is 39.0 Å². The number of carbonyl (C=O) groups excluding carboxylic acids is 1. The summed E-state index contributed by atoms with van der Waals surface area (Å²) in [4.78, 5) is 11.3. The molecule has 2 atom stereocenters. The summed E-state index contributed by atoms with van der Waals surface area (Å²) < 4.78 is 40.7. The third kappa shape index (κ3) is 8.93. The second kappa shape index (κ2) is 7.50. The molecule has 0 aliphatic rings. The van der Waals surface area contributed by atoms with E-state index in [1.165, 1.54) is 6.92 Å². The molecule has 7 heteroatoms. The van der Waals surface area contributed by atoms with E-state index < -0.39 is 24.7 Å². The van der Waals surface area contributed by atoms with Gasteiger partial charge in [0, 0.05) is 12.6 Å². The van der Waals surface area contributed by atoms with Gasteiger partial charge in [-0.1, -0.05) is 0 Å². The molecule has 0 fully saturated rings. The first-order chi connectivity index (χ1) is 7.76. The Kier molecular flexibility index (Phi) is 7.13. The van der Waals surface area contributed by atoms with Crippen molar-refractivity contribution in [1.82, 2.24) is 10.6 Å². The van der Waals surface area contributed by atoms with Crippen LogP contribution in [-0.2, 0) is 9.53 Å². The molecule has 0 aliphatic carbocycles. The van der Waals surface area contributed by atoms with Crippen LogP contribution in [0.4, 0.5) is 13.2 Å². The fraction of sp³-hybridized carbons (Fsp3) is 0.900. The Labute approximate surface area is 98.9 Å². The highest BCUT2D eigenvalue weighted by molar-refractivity contribution is 5.81. The second-order valence-electron chi connectivity index (χ2n) is 3.78. The molecule has 17 heavy (non-hydrogen) atoms. The summed E-state index contributed by atoms with van der Waals surface area (Å²) >= 11 is 0. The quantitative estimate of drug-likeness (QED) is 0.716. The lowest BCUT2D eigenvalue weighted by Gasteiger charge is -2.19. The Hall–Kier alpha value is -0.820. The maximum atomic E-state index is 11.9. The van der Waals surface area contributed by atoms with Crippen LogP contribution in [0.1, 0.15) is 20.8 Å². The van der Waals surface area contributed by atoms with Gasteiger partial charge in [-0.05, 0) is 20.8 Å². The van der Waals surface area contributed by atoms with E-state index in [1.54, 1.807) is 6.92 Å². The van der Waals surface area contributed by atoms with Crippen LogP contribution in [0, 0.1) is 0 Å². The predicted molar refractivity (Wildman–Crippen MR) is 57.6 cm³/mol. The fourth-order valence-electron chi connectivity index (χ4n) is 1.19. The van der Waals surface area contributed by atoms with Gasteiger partial charge in [-0.15, -0.1) is 0 Å². The predicted octanol–water partition coefficient (Wildman–Crippen LogP) is 1.07. The molecule has 0 saturated carbocycles. The smallest absolute Gasteiger partial charge is 0.380 e. The van der Waals surface area contributed by atoms with E-state index >= 15 is 0 Å². The SMILES string of the molecule is CCOCC(C)NC(C)C(=O)NCC(F)(F)F. The zero-order valence-corrected chi connectivity index (χ0v) is 10.2. The minimum Gasteiger partial charge on any atom is -0.380 e. The molecule has 0 aliphatic heterocycles. The highest BCUT2D eigenvalue weighted by Crippen LogP contribution is 2.12. The highest BCUT2D eigenvalue weighted by atomic mass is 19.4. The zero-order chi connectivity index (χ0) is 13.5. The zero-order valence-electron chi connectivity index (χ0n) is 10.2. The molecule has 0 aromatic rings. The van der Waals surface area contributed by atoms with Crippen LogP contribution in [0.5, 0.6) is 0 Å². The van der Waals surface area contributed by atoms with Crippen molar-refractivity contribution in [2.75, 3.05) is 19.8 Å². The molecule has 0 rings (SSSR count). The normalized spacial score (nSPS) is 15.4. The number of nitrogens with one attached hydrogen (secondary N) is 2. The van der Waals surface area contributed by atoms with Gasteiger partial charge in [-0.2, -0.15) is 13.2 Å². The van der Waals surface area contributed by atoms with E-state index in [0.29, 0.717) is 13.2 Å². The van der Waals surface area contributed by atoms with Gasteiger partial charge in [0.05, 0.1) is 12.6 Å². The van der Waals surface area contributed by atoms with Crippen LogP contribution in [0.15, 0.2) is 0 Å². The first kappa shape index (κ1) is 16.2. The Morgan fingerprint density at radius 3 is 2.41 bits per heavy atom. The highest BCUT2D eigenvalue weighted by Gasteiger charge is 2.28. The molecule has 0 radical (unpaired) electrons. The van der Waals surface area contributed by atoms with Crippen LogP contribution in [0.25, 0.3) is 0 Å². The van der Waals surface area contributed by atoms with Crippen molar-refractivity contribution in [2.24, 2.45) is 0 Å². The van der Waals surface area contributed by atoms with Crippen LogP contribution in [0.3, 0.4) is 0 Å². The van der Waals surface area contributed by atoms with Gasteiger partial charge in [-0.3, -0.25) is 4.79 Å². The number of hydrogen-bond donors (Lipinski definition) is 2. The molecule has 0 heterocycles. The van der Waals surface area contributed by atoms with E-state index in [2.05, 4.69) is 5.32 Å². The van der Waals surface area contributed by atoms with Crippen molar-refractivity contribution in [3.8, 4) is 0 Å². The second-order valence-corrected chi connectivity index (χ2v) is 3.78. The van der Waals surface area contributed by atoms with Crippen molar-refractivity contribution < 1.29 is 22.7 Å². The van der Waals surface area contributed by atoms with E-state index in [4.69, 9.17) is 4.74 Å². The Balaban J connectivity index is 3.89. The van der Waals surface area contributed by atoms with Crippen LogP contribution in [-0.4, -0.2) is 43.9 Å². The Morgan fingerprint density at radius 2 is 1.94 bits per heavy atom. The van der Waals surface area contributed by atoms with E-state index in [-0.39, 0.29) is 6.04 Å². The minimum absolute atomic E-state index is 0.0958. The maximum Gasteiger partial charge on any atom is 0.405 e. The third-order valence-electron chi connectivity index (χ3n) is 1.96. The molecule has 4 nitrogen and oxygen atoms in total. The average Bonchev–Trinajstić information content (AvgIpc) is 2.21. The average molecular weight is 256 g/mol. The molecule has 0 bridgehead atoms. The summed E-state index contributed by atoms with van der Waals surface area (Å²) in [5.41, 5.74) is 0. The largest absolute Gasteiger partial charge is 0.405 e. The van der Waals surface area contributed by atoms with Crippen molar-refractivity contribution in [3.63, 3.8) is 0 Å². The molecule has 0 aromatic heterocycles. The van der Waals surface area contributed by atoms with Gasteiger partial charge in [0.15, 0.2) is 0 Å². The molecule has 2 unspecified atom stereocenters. The number of alkyl halides is 3. The third-order valence-corrected chi connectivity index (χ3v) is 1.96. The summed E-state index contributed by atoms with van der Waals surface area (Å²) in [5.74, 6) is -0.675. The summed E-state index contributed by atoms with van der Waals surface area (Å²) in [6.45, 7) is 4.80. The standard InChI is InChI=1S/C10H19F3N2O2/c1-4-17-5-7(2)15-8(3)9(16)14-6-10(11,12)13/h7-8,15H,4-6H2,1-3H3,(H,14,16). The van der Waals surface area contributed by atoms with Gasteiger partial charge in [0.1, 0.15) is 6.54 Å². The fourth-order valence-corrected chi connectivity index (χ4v) is 1.19. The van der Waals surface area contributed by atoms with Gasteiger partial charge in [0.2, 0.25) is 5.91 Å². The Bertz CT molecular complexity index is 234. The minimum atomic E-state index is -4.38. The molecule has 1 amide bonds. The molecule has 0 spiro atoms. The molecule has 0 saturated heterocycles. The van der Waals surface area contributed by atoms with E-state index in [1.807, 2.05) is 12.2 Å². The van der Waals surface area contributed by atoms with Crippen molar-refractivity contribution in [1.29, 1.82) is 0 Å². The lowest BCUT2D eigenvalue weighted by molar-refractivity contribution is -0.139. The van der Waals surface area contributed by atoms with E-state index in [9.17, 15) is 18.0 Å². The number of amides is 1. The molecular weight excluding hydrogens is 237 g/mol. The molecule has 2 N–H and O–H groups in total. The summed E-state index contributed by atoms with van der Waals surface area (Å²) in [7, 11) is 0. The number of ether oxygens (including phenoxy) is 1. The van der Waals surface area contributed by atoms with Gasteiger partial charge in [0.25, 0.3) is 0 Å². The summed E-state index contributed by atoms with van der Waals surface area (Å²) in [6, 6.07) is -0.783. The number of halogens is 3. The van der Waals surface area contributed by atoms with E-state index in [0.717, 1.165) is 0 Å². The van der Waals surface area contributed by atoms with Crippen LogP contribution in [0.2, 0.25) is 0 Å². The van der Waals surface area contributed by atoms with Gasteiger partial charge >= 0.3 is 6.18 Å². The number of carbonyl (C=O) groups is 1. The van der Waals surface area contributed by atoms with Gasteiger partial charge in [-0.25, -0.2) is 0 Å². The summed E-state index contributed by atoms with van der Waals surface area (Å²) in [5, 5.41) is 4.66. The first-order valence-corrected chi connectivity index (χ1v) is 5.44. The summed E-state index contributed by atoms with van der Waals surface area (Å²) in [6.07, 6.45) is -4.38. The first-order valence-electron chi connectivity index (χ1n) is 5.44. The Morgan fingerprint density at radius 1 is 1.35 bits per heavy atom. The number of hydrogen-bond acceptors (Lipinski definition) is 3. The topological polar surface area (TPSA) is 50.4 Å². The lowest BCUT2D eigenvalue weighted by atomic mass is 10.2. The van der Waals surface area contributed by atoms with Crippen LogP contribution >= 0.6 is 0 Å².